The number of aliphatic carboxylic acids is 1. The molecule has 0 aromatic heterocycles. The van der Waals surface area contributed by atoms with E-state index < -0.39 is 43.3 Å². The van der Waals surface area contributed by atoms with Crippen LogP contribution in [0.25, 0.3) is 0 Å². The molecule has 4 N–H and O–H groups in total. The average molecular weight is 863 g/mol. The van der Waals surface area contributed by atoms with Gasteiger partial charge in [-0.3, -0.25) is 4.52 Å². The third-order valence-corrected chi connectivity index (χ3v) is 16.8. The first kappa shape index (κ1) is 57.5. The SMILES string of the molecule is CCCCCCCCOOP(=O)(O)P(=O)(OCCCCCCCC)OP(O)P(OCCCCCCCC)OCCCCCCCC.O=C(O)CO.[Ti]. The molecule has 0 fully saturated rings. The number of aliphatic hydroxyl groups is 1. The minimum atomic E-state index is -5.09. The fourth-order valence-electron chi connectivity index (χ4n) is 4.60. The molecule has 0 amide bonds. The second-order valence-corrected chi connectivity index (χ2v) is 22.0. The number of hydrogen-bond acceptors (Lipinski definition) is 11. The van der Waals surface area contributed by atoms with Gasteiger partial charge in [-0.1, -0.05) is 156 Å². The van der Waals surface area contributed by atoms with Crippen LogP contribution < -0.4 is 0 Å². The van der Waals surface area contributed by atoms with Crippen LogP contribution in [0.3, 0.4) is 0 Å². The van der Waals surface area contributed by atoms with E-state index >= 15 is 0 Å². The molecule has 0 saturated carbocycles. The van der Waals surface area contributed by atoms with Crippen LogP contribution in [0.2, 0.25) is 0 Å². The van der Waals surface area contributed by atoms with Crippen molar-refractivity contribution in [1.29, 1.82) is 0 Å². The van der Waals surface area contributed by atoms with Gasteiger partial charge in [0, 0.05) is 21.7 Å². The minimum absolute atomic E-state index is 0. The first-order valence-electron chi connectivity index (χ1n) is 19.5. The van der Waals surface area contributed by atoms with E-state index in [4.69, 9.17) is 42.5 Å². The summed E-state index contributed by atoms with van der Waals surface area (Å²) in [6.45, 7) is 8.54. The Kier molecular flexibility index (Phi) is 46.2. The van der Waals surface area contributed by atoms with E-state index in [1.165, 1.54) is 38.5 Å². The van der Waals surface area contributed by atoms with E-state index in [-0.39, 0.29) is 34.9 Å². The summed E-state index contributed by atoms with van der Waals surface area (Å²) < 4.78 is 54.8. The molecule has 18 heteroatoms. The van der Waals surface area contributed by atoms with Crippen LogP contribution in [0.5, 0.6) is 0 Å². The number of carboxylic acids is 1. The number of aliphatic hydroxyl groups excluding tert-OH is 1. The Morgan fingerprint density at radius 1 is 0.577 bits per heavy atom. The van der Waals surface area contributed by atoms with Gasteiger partial charge in [0.15, 0.2) is 0 Å². The molecule has 0 aliphatic carbocycles. The Hall–Kier alpha value is 1.14. The molecular weight excluding hydrogens is 788 g/mol. The van der Waals surface area contributed by atoms with Crippen LogP contribution in [0.1, 0.15) is 182 Å². The predicted molar refractivity (Wildman–Crippen MR) is 208 cm³/mol. The molecule has 312 valence electrons. The van der Waals surface area contributed by atoms with Crippen molar-refractivity contribution in [2.24, 2.45) is 0 Å². The molecule has 0 aromatic rings. The maximum Gasteiger partial charge on any atom is 0.465 e. The number of carboxylic acid groups (broad SMARTS) is 1. The van der Waals surface area contributed by atoms with Gasteiger partial charge in [-0.05, 0) is 25.7 Å². The normalized spacial score (nSPS) is 14.2. The molecule has 0 rings (SSSR count). The van der Waals surface area contributed by atoms with Gasteiger partial charge in [-0.15, -0.1) is 4.67 Å². The van der Waals surface area contributed by atoms with Gasteiger partial charge < -0.3 is 29.0 Å². The predicted octanol–water partition coefficient (Wildman–Crippen LogP) is 12.3. The summed E-state index contributed by atoms with van der Waals surface area (Å²) >= 11 is 0. The first-order chi connectivity index (χ1) is 24.5. The molecule has 3 unspecified atom stereocenters. The summed E-state index contributed by atoms with van der Waals surface area (Å²) in [5.41, 5.74) is 0. The van der Waals surface area contributed by atoms with Crippen molar-refractivity contribution >= 4 is 36.7 Å². The van der Waals surface area contributed by atoms with Gasteiger partial charge in [0.25, 0.3) is 16.1 Å². The van der Waals surface area contributed by atoms with E-state index in [0.29, 0.717) is 26.1 Å². The van der Waals surface area contributed by atoms with E-state index in [1.54, 1.807) is 0 Å². The Balaban J connectivity index is -0.00000372. The van der Waals surface area contributed by atoms with Crippen molar-refractivity contribution in [3.05, 3.63) is 0 Å². The van der Waals surface area contributed by atoms with Gasteiger partial charge in [0.2, 0.25) is 0 Å². The smallest absolute Gasteiger partial charge is 0.465 e. The number of rotatable bonds is 38. The van der Waals surface area contributed by atoms with Crippen molar-refractivity contribution in [3.8, 4) is 0 Å². The Bertz CT molecular complexity index is 846. The van der Waals surface area contributed by atoms with Gasteiger partial charge in [-0.2, -0.15) is 0 Å². The Morgan fingerprint density at radius 3 is 1.27 bits per heavy atom. The molecule has 0 aliphatic rings. The van der Waals surface area contributed by atoms with Crippen molar-refractivity contribution < 1.29 is 83.1 Å². The first-order valence-corrected chi connectivity index (χ1v) is 26.4. The summed E-state index contributed by atoms with van der Waals surface area (Å²) in [4.78, 5) is 36.0. The molecule has 52 heavy (non-hydrogen) atoms. The van der Waals surface area contributed by atoms with Gasteiger partial charge in [-0.25, -0.2) is 23.1 Å². The van der Waals surface area contributed by atoms with E-state index in [2.05, 4.69) is 27.7 Å². The standard InChI is InChI=1S/C32H70O10P4.C2H4O3.Ti/c1-5-9-13-17-21-25-29-37-41-45(34,35)46(36,40-32-28-24-20-16-12-8-4)42-43(33)44(38-30-26-22-18-14-10-6-2)39-31-27-23-19-15-11-7-3;3-1-2(4)5;/h33H,5-32H2,1-4H3,(H,34,35);3H,1H2,(H,4,5);. The third kappa shape index (κ3) is 35.6. The molecule has 0 aromatic carbocycles. The molecule has 0 heterocycles. The zero-order valence-electron chi connectivity index (χ0n) is 32.8. The van der Waals surface area contributed by atoms with Gasteiger partial charge >= 0.3 is 20.5 Å². The van der Waals surface area contributed by atoms with Crippen LogP contribution in [-0.4, -0.2) is 59.0 Å². The topological polar surface area (TPSA) is 188 Å². The van der Waals surface area contributed by atoms with Crippen LogP contribution in [0.4, 0.5) is 0 Å². The van der Waals surface area contributed by atoms with Crippen molar-refractivity contribution in [3.63, 3.8) is 0 Å². The third-order valence-electron chi connectivity index (χ3n) is 7.64. The summed E-state index contributed by atoms with van der Waals surface area (Å²) in [6, 6.07) is 0. The maximum atomic E-state index is 13.9. The second kappa shape index (κ2) is 41.8. The molecule has 13 nitrogen and oxygen atoms in total. The summed E-state index contributed by atoms with van der Waals surface area (Å²) in [6.07, 6.45) is 24.4. The van der Waals surface area contributed by atoms with E-state index in [0.717, 1.165) is 103 Å². The quantitative estimate of drug-likeness (QED) is 0.0151. The van der Waals surface area contributed by atoms with Crippen LogP contribution in [0, 0.1) is 0 Å². The molecule has 0 radical (unpaired) electrons. The summed E-state index contributed by atoms with van der Waals surface area (Å²) in [5.74, 6) is -1.19. The average Bonchev–Trinajstić information content (AvgIpc) is 3.10. The van der Waals surface area contributed by atoms with E-state index in [1.807, 2.05) is 0 Å². The van der Waals surface area contributed by atoms with Gasteiger partial charge in [0.1, 0.15) is 6.61 Å². The molecular formula is C34H74O13P4Ti. The summed E-state index contributed by atoms with van der Waals surface area (Å²) in [5, 5.41) is 15.0. The molecule has 0 aliphatic heterocycles. The molecule has 0 bridgehead atoms. The van der Waals surface area contributed by atoms with Crippen molar-refractivity contribution in [1.82, 2.24) is 0 Å². The van der Waals surface area contributed by atoms with Crippen molar-refractivity contribution in [2.45, 2.75) is 182 Å². The number of carbonyl (C=O) groups is 1. The van der Waals surface area contributed by atoms with Crippen LogP contribution >= 0.6 is 30.7 Å². The Morgan fingerprint density at radius 2 is 0.904 bits per heavy atom. The minimum Gasteiger partial charge on any atom is -0.480 e. The maximum absolute atomic E-state index is 13.9. The second-order valence-electron chi connectivity index (χ2n) is 12.6. The molecule has 3 atom stereocenters. The van der Waals surface area contributed by atoms with Crippen LogP contribution in [-0.2, 0) is 63.1 Å². The monoisotopic (exact) mass is 862 g/mol. The number of unbranched alkanes of at least 4 members (excludes halogenated alkanes) is 20. The number of hydrogen-bond donors (Lipinski definition) is 4. The van der Waals surface area contributed by atoms with Gasteiger partial charge in [0.05, 0.1) is 26.4 Å². The zero-order valence-corrected chi connectivity index (χ0v) is 37.9. The van der Waals surface area contributed by atoms with Crippen molar-refractivity contribution in [2.75, 3.05) is 33.0 Å². The van der Waals surface area contributed by atoms with Crippen LogP contribution in [0.15, 0.2) is 0 Å². The zero-order chi connectivity index (χ0) is 38.5. The Labute approximate surface area is 333 Å². The van der Waals surface area contributed by atoms with E-state index in [9.17, 15) is 18.9 Å². The summed E-state index contributed by atoms with van der Waals surface area (Å²) in [7, 11) is -14.7. The fourth-order valence-corrected chi connectivity index (χ4v) is 13.3. The largest absolute Gasteiger partial charge is 0.480 e. The fraction of sp³-hybridized carbons (Fsp3) is 0.971. The molecule has 0 saturated heterocycles. The molecule has 0 spiro atoms.